The van der Waals surface area contributed by atoms with Crippen molar-refractivity contribution < 1.29 is 19.0 Å². The van der Waals surface area contributed by atoms with Gasteiger partial charge in [-0.05, 0) is 62.8 Å². The Hall–Kier alpha value is -2.93. The van der Waals surface area contributed by atoms with E-state index in [0.717, 1.165) is 42.1 Å². The summed E-state index contributed by atoms with van der Waals surface area (Å²) in [4.78, 5) is 16.9. The molecule has 0 aliphatic carbocycles. The number of methoxy groups -OCH3 is 2. The molecule has 0 spiro atoms. The van der Waals surface area contributed by atoms with E-state index >= 15 is 0 Å². The Kier molecular flexibility index (Phi) is 5.71. The van der Waals surface area contributed by atoms with Crippen LogP contribution in [0.4, 0.5) is 11.4 Å². The molecule has 31 heavy (non-hydrogen) atoms. The van der Waals surface area contributed by atoms with Gasteiger partial charge < -0.3 is 24.4 Å². The van der Waals surface area contributed by atoms with E-state index in [1.807, 2.05) is 41.3 Å². The van der Waals surface area contributed by atoms with Crippen molar-refractivity contribution in [1.82, 2.24) is 4.90 Å². The van der Waals surface area contributed by atoms with Gasteiger partial charge in [-0.15, -0.1) is 0 Å². The molecule has 0 aromatic heterocycles. The van der Waals surface area contributed by atoms with Gasteiger partial charge in [0, 0.05) is 18.3 Å². The van der Waals surface area contributed by atoms with Crippen LogP contribution in [0.5, 0.6) is 17.2 Å². The average Bonchev–Trinajstić information content (AvgIpc) is 3.23. The van der Waals surface area contributed by atoms with E-state index in [2.05, 4.69) is 31.2 Å². The summed E-state index contributed by atoms with van der Waals surface area (Å²) < 4.78 is 16.7. The molecule has 0 radical (unpaired) electrons. The molecule has 2 aliphatic rings. The van der Waals surface area contributed by atoms with Crippen molar-refractivity contribution >= 4 is 17.3 Å². The van der Waals surface area contributed by atoms with Gasteiger partial charge in [0.1, 0.15) is 17.3 Å². The SMILES string of the molecule is CCC1(Nc2ccc(OCCCN(C)C)cc2)C2C(=O)N1c1cc(OC)c(OC)cc12. The van der Waals surface area contributed by atoms with E-state index in [9.17, 15) is 4.79 Å². The normalized spacial score (nSPS) is 21.0. The van der Waals surface area contributed by atoms with Gasteiger partial charge in [-0.25, -0.2) is 0 Å². The molecule has 1 fully saturated rings. The van der Waals surface area contributed by atoms with Crippen molar-refractivity contribution in [2.45, 2.75) is 31.3 Å². The van der Waals surface area contributed by atoms with E-state index in [0.29, 0.717) is 18.1 Å². The van der Waals surface area contributed by atoms with Gasteiger partial charge in [-0.2, -0.15) is 0 Å². The van der Waals surface area contributed by atoms with Crippen molar-refractivity contribution in [3.05, 3.63) is 42.0 Å². The van der Waals surface area contributed by atoms with Crippen molar-refractivity contribution in [3.63, 3.8) is 0 Å². The highest BCUT2D eigenvalue weighted by Gasteiger charge is 2.67. The molecule has 7 heteroatoms. The molecule has 2 unspecified atom stereocenters. The Morgan fingerprint density at radius 2 is 1.77 bits per heavy atom. The number of ether oxygens (including phenoxy) is 3. The summed E-state index contributed by atoms with van der Waals surface area (Å²) in [5, 5.41) is 3.63. The highest BCUT2D eigenvalue weighted by Crippen LogP contribution is 2.60. The predicted molar refractivity (Wildman–Crippen MR) is 122 cm³/mol. The lowest BCUT2D eigenvalue weighted by atomic mass is 9.79. The van der Waals surface area contributed by atoms with Crippen LogP contribution in [-0.4, -0.2) is 57.9 Å². The predicted octanol–water partition coefficient (Wildman–Crippen LogP) is 3.70. The highest BCUT2D eigenvalue weighted by molar-refractivity contribution is 6.16. The topological polar surface area (TPSA) is 63.3 Å². The van der Waals surface area contributed by atoms with E-state index in [4.69, 9.17) is 14.2 Å². The number of β-lactam (4-membered cyclic amide) rings is 1. The third kappa shape index (κ3) is 3.47. The Morgan fingerprint density at radius 3 is 2.39 bits per heavy atom. The number of carbonyl (C=O) groups is 1. The minimum Gasteiger partial charge on any atom is -0.494 e. The van der Waals surface area contributed by atoms with Crippen molar-refractivity contribution in [1.29, 1.82) is 0 Å². The number of benzene rings is 2. The van der Waals surface area contributed by atoms with Gasteiger partial charge >= 0.3 is 0 Å². The summed E-state index contributed by atoms with van der Waals surface area (Å²) in [6.07, 6.45) is 1.75. The van der Waals surface area contributed by atoms with Gasteiger partial charge in [0.05, 0.1) is 26.5 Å². The number of hydrogen-bond donors (Lipinski definition) is 1. The fourth-order valence-corrected chi connectivity index (χ4v) is 4.66. The zero-order chi connectivity index (χ0) is 22.2. The van der Waals surface area contributed by atoms with Crippen LogP contribution in [0, 0.1) is 0 Å². The Bertz CT molecular complexity index is 917. The van der Waals surface area contributed by atoms with Crippen molar-refractivity contribution in [3.8, 4) is 17.2 Å². The largest absolute Gasteiger partial charge is 0.494 e. The van der Waals surface area contributed by atoms with Crippen LogP contribution in [0.15, 0.2) is 36.4 Å². The van der Waals surface area contributed by atoms with E-state index in [1.165, 1.54) is 0 Å². The van der Waals surface area contributed by atoms with Gasteiger partial charge in [-0.1, -0.05) is 6.92 Å². The maximum atomic E-state index is 12.9. The fourth-order valence-electron chi connectivity index (χ4n) is 4.66. The van der Waals surface area contributed by atoms with Gasteiger partial charge in [0.25, 0.3) is 0 Å². The Labute approximate surface area is 183 Å². The second-order valence-electron chi connectivity index (χ2n) is 8.31. The van der Waals surface area contributed by atoms with Gasteiger partial charge in [0.2, 0.25) is 5.91 Å². The molecule has 2 bridgehead atoms. The first-order valence-electron chi connectivity index (χ1n) is 10.7. The number of amides is 1. The lowest BCUT2D eigenvalue weighted by molar-refractivity contribution is -0.128. The number of nitrogens with zero attached hydrogens (tertiary/aromatic N) is 2. The molecule has 2 aromatic carbocycles. The molecule has 2 heterocycles. The lowest BCUT2D eigenvalue weighted by Crippen LogP contribution is -2.69. The number of anilines is 2. The zero-order valence-electron chi connectivity index (χ0n) is 18.9. The maximum absolute atomic E-state index is 12.9. The summed E-state index contributed by atoms with van der Waals surface area (Å²) >= 11 is 0. The standard InChI is InChI=1S/C24H31N3O4/c1-6-24(25-16-8-10-17(11-9-16)31-13-7-12-26(2)3)22-18-14-20(29-4)21(30-5)15-19(18)27(24)23(22)28/h8-11,14-15,22,25H,6-7,12-13H2,1-5H3. The maximum Gasteiger partial charge on any atom is 0.240 e. The molecule has 1 amide bonds. The monoisotopic (exact) mass is 425 g/mol. The molecule has 7 nitrogen and oxygen atoms in total. The third-order valence-electron chi connectivity index (χ3n) is 6.20. The molecular formula is C24H31N3O4. The second kappa shape index (κ2) is 8.30. The van der Waals surface area contributed by atoms with Crippen LogP contribution >= 0.6 is 0 Å². The molecule has 2 aliphatic heterocycles. The second-order valence-corrected chi connectivity index (χ2v) is 8.31. The smallest absolute Gasteiger partial charge is 0.240 e. The summed E-state index contributed by atoms with van der Waals surface area (Å²) in [5.74, 6) is 1.99. The van der Waals surface area contributed by atoms with Crippen molar-refractivity contribution in [2.75, 3.05) is 51.7 Å². The molecule has 2 aromatic rings. The first-order valence-corrected chi connectivity index (χ1v) is 10.7. The van der Waals surface area contributed by atoms with Gasteiger partial charge in [0.15, 0.2) is 11.5 Å². The minimum absolute atomic E-state index is 0.112. The van der Waals surface area contributed by atoms with E-state index in [1.54, 1.807) is 14.2 Å². The number of carbonyl (C=O) groups excluding carboxylic acids is 1. The lowest BCUT2D eigenvalue weighted by Gasteiger charge is -2.51. The zero-order valence-corrected chi connectivity index (χ0v) is 18.9. The number of rotatable bonds is 10. The molecule has 0 saturated carbocycles. The quantitative estimate of drug-likeness (QED) is 0.463. The Morgan fingerprint density at radius 1 is 1.10 bits per heavy atom. The van der Waals surface area contributed by atoms with Crippen LogP contribution in [0.25, 0.3) is 0 Å². The highest BCUT2D eigenvalue weighted by atomic mass is 16.5. The molecule has 1 saturated heterocycles. The summed E-state index contributed by atoms with van der Waals surface area (Å²) in [6.45, 7) is 3.79. The first kappa shape index (κ1) is 21.3. The van der Waals surface area contributed by atoms with Crippen LogP contribution in [0.2, 0.25) is 0 Å². The molecule has 4 rings (SSSR count). The number of fused-ring (bicyclic) bond motifs is 5. The van der Waals surface area contributed by atoms with Crippen molar-refractivity contribution in [2.24, 2.45) is 0 Å². The summed E-state index contributed by atoms with van der Waals surface area (Å²) in [7, 11) is 7.34. The van der Waals surface area contributed by atoms with E-state index < -0.39 is 5.66 Å². The van der Waals surface area contributed by atoms with Crippen LogP contribution in [-0.2, 0) is 4.79 Å². The molecule has 2 atom stereocenters. The minimum atomic E-state index is -0.481. The Balaban J connectivity index is 1.51. The van der Waals surface area contributed by atoms with E-state index in [-0.39, 0.29) is 11.8 Å². The number of nitrogens with one attached hydrogen (secondary N) is 1. The molecule has 166 valence electrons. The fraction of sp³-hybridized carbons (Fsp3) is 0.458. The summed E-state index contributed by atoms with van der Waals surface area (Å²) in [5.41, 5.74) is 2.35. The first-order chi connectivity index (χ1) is 14.9. The summed E-state index contributed by atoms with van der Waals surface area (Å²) in [6, 6.07) is 11.8. The average molecular weight is 426 g/mol. The van der Waals surface area contributed by atoms with Gasteiger partial charge in [-0.3, -0.25) is 9.69 Å². The molecule has 1 N–H and O–H groups in total. The number of hydrogen-bond acceptors (Lipinski definition) is 6. The van der Waals surface area contributed by atoms with Crippen LogP contribution in [0.3, 0.4) is 0 Å². The molecular weight excluding hydrogens is 394 g/mol. The van der Waals surface area contributed by atoms with Crippen LogP contribution in [0.1, 0.15) is 31.2 Å². The third-order valence-corrected chi connectivity index (χ3v) is 6.20. The van der Waals surface area contributed by atoms with Crippen LogP contribution < -0.4 is 24.4 Å².